The maximum Gasteiger partial charge on any atom is 0.151 e. The van der Waals surface area contributed by atoms with E-state index in [1.54, 1.807) is 4.52 Å². The minimum atomic E-state index is -0.833. The number of aromatic nitrogens is 5. The van der Waals surface area contributed by atoms with Crippen LogP contribution in [0.3, 0.4) is 0 Å². The lowest BCUT2D eigenvalue weighted by atomic mass is 9.76. The van der Waals surface area contributed by atoms with E-state index in [0.29, 0.717) is 30.2 Å². The van der Waals surface area contributed by atoms with Gasteiger partial charge in [-0.25, -0.2) is 14.5 Å². The molecule has 0 unspecified atom stereocenters. The van der Waals surface area contributed by atoms with Gasteiger partial charge >= 0.3 is 0 Å². The zero-order valence-corrected chi connectivity index (χ0v) is 25.0. The molecule has 0 saturated heterocycles. The number of nitrogens with one attached hydrogen (secondary N) is 1. The number of aliphatic hydroxyl groups excluding tert-OH is 2. The molecule has 0 amide bonds. The molecule has 2 saturated carbocycles. The van der Waals surface area contributed by atoms with Crippen molar-refractivity contribution in [1.82, 2.24) is 29.5 Å². The zero-order valence-electron chi connectivity index (χ0n) is 25.0. The maximum absolute atomic E-state index is 11.1. The molecule has 3 aromatic heterocycles. The monoisotopic (exact) mass is 559 g/mol. The van der Waals surface area contributed by atoms with Gasteiger partial charge in [0, 0.05) is 42.6 Å². The van der Waals surface area contributed by atoms with Crippen molar-refractivity contribution in [2.45, 2.75) is 102 Å². The number of rotatable bonds is 8. The van der Waals surface area contributed by atoms with Crippen LogP contribution >= 0.6 is 0 Å². The van der Waals surface area contributed by atoms with E-state index in [-0.39, 0.29) is 17.3 Å². The van der Waals surface area contributed by atoms with E-state index < -0.39 is 12.2 Å². The summed E-state index contributed by atoms with van der Waals surface area (Å²) in [5, 5.41) is 26.5. The summed E-state index contributed by atoms with van der Waals surface area (Å²) < 4.78 is 1.76. The minimum absolute atomic E-state index is 0.00489. The zero-order chi connectivity index (χ0) is 29.1. The van der Waals surface area contributed by atoms with Crippen LogP contribution in [-0.4, -0.2) is 70.5 Å². The third-order valence-corrected chi connectivity index (χ3v) is 9.67. The number of benzene rings is 1. The minimum Gasteiger partial charge on any atom is -0.390 e. The summed E-state index contributed by atoms with van der Waals surface area (Å²) in [5.41, 5.74) is 11.2. The molecule has 4 atom stereocenters. The number of H-pyrrole nitrogens is 1. The highest BCUT2D eigenvalue weighted by Gasteiger charge is 2.45. The number of hydrogen-bond donors (Lipinski definition) is 4. The van der Waals surface area contributed by atoms with Gasteiger partial charge in [-0.2, -0.15) is 5.10 Å². The van der Waals surface area contributed by atoms with Gasteiger partial charge in [-0.3, -0.25) is 4.90 Å². The van der Waals surface area contributed by atoms with Gasteiger partial charge in [-0.05, 0) is 80.7 Å². The fraction of sp³-hybridized carbons (Fsp3) is 0.594. The molecule has 0 bridgehead atoms. The molecule has 1 aromatic carbocycles. The van der Waals surface area contributed by atoms with Crippen molar-refractivity contribution >= 4 is 22.4 Å². The van der Waals surface area contributed by atoms with Gasteiger partial charge in [0.25, 0.3) is 0 Å². The molecule has 0 radical (unpaired) electrons. The van der Waals surface area contributed by atoms with Gasteiger partial charge in [0.2, 0.25) is 0 Å². The lowest BCUT2D eigenvalue weighted by Gasteiger charge is -2.46. The third-order valence-electron chi connectivity index (χ3n) is 9.67. The number of aliphatic hydroxyl groups is 2. The molecule has 9 heteroatoms. The predicted octanol–water partition coefficient (Wildman–Crippen LogP) is 4.43. The summed E-state index contributed by atoms with van der Waals surface area (Å²) >= 11 is 0. The fourth-order valence-corrected chi connectivity index (χ4v) is 7.10. The lowest BCUT2D eigenvalue weighted by molar-refractivity contribution is -0.0151. The molecular formula is C32H45N7O2. The number of imidazole rings is 1. The van der Waals surface area contributed by atoms with Gasteiger partial charge in [0.1, 0.15) is 17.7 Å². The highest BCUT2D eigenvalue weighted by Crippen LogP contribution is 2.42. The second-order valence-electron chi connectivity index (χ2n) is 13.8. The largest absolute Gasteiger partial charge is 0.390 e. The second kappa shape index (κ2) is 10.7. The average Bonchev–Trinajstić information content (AvgIpc) is 3.58. The molecule has 220 valence electrons. The molecule has 0 aliphatic heterocycles. The van der Waals surface area contributed by atoms with Crippen molar-refractivity contribution in [1.29, 1.82) is 0 Å². The van der Waals surface area contributed by atoms with Crippen LogP contribution in [0.15, 0.2) is 36.7 Å². The molecule has 5 N–H and O–H groups in total. The van der Waals surface area contributed by atoms with Crippen LogP contribution in [0, 0.1) is 11.8 Å². The van der Waals surface area contributed by atoms with E-state index >= 15 is 0 Å². The summed E-state index contributed by atoms with van der Waals surface area (Å²) in [4.78, 5) is 15.0. The first-order valence-electron chi connectivity index (χ1n) is 15.2. The number of nitrogen functional groups attached to an aromatic ring is 1. The summed E-state index contributed by atoms with van der Waals surface area (Å²) in [6, 6.07) is 11.3. The first kappa shape index (κ1) is 28.1. The number of aromatic amines is 1. The number of nitrogens with two attached hydrogens (primary N) is 1. The van der Waals surface area contributed by atoms with E-state index in [1.807, 2.05) is 12.1 Å². The van der Waals surface area contributed by atoms with E-state index in [1.165, 1.54) is 24.7 Å². The predicted molar refractivity (Wildman–Crippen MR) is 162 cm³/mol. The molecule has 2 aliphatic rings. The Balaban J connectivity index is 1.06. The SMILES string of the molecule is CC(C)N(C[C@@H]1C[C@H](c2ccc3c(N)ncnn23)[C@@H](O)[C@H]1O)C1CC(CCc2nc3ccc(C(C)(C)C)cc3[nH]2)C1. The van der Waals surface area contributed by atoms with Gasteiger partial charge in [-0.1, -0.05) is 26.8 Å². The Morgan fingerprint density at radius 3 is 2.61 bits per heavy atom. The van der Waals surface area contributed by atoms with Crippen molar-refractivity contribution in [3.05, 3.63) is 53.7 Å². The molecule has 6 rings (SSSR count). The Morgan fingerprint density at radius 2 is 1.88 bits per heavy atom. The maximum atomic E-state index is 11.1. The van der Waals surface area contributed by atoms with Crippen LogP contribution in [0.5, 0.6) is 0 Å². The Kier molecular flexibility index (Phi) is 7.32. The summed E-state index contributed by atoms with van der Waals surface area (Å²) in [7, 11) is 0. The fourth-order valence-electron chi connectivity index (χ4n) is 7.10. The molecule has 41 heavy (non-hydrogen) atoms. The summed E-state index contributed by atoms with van der Waals surface area (Å²) in [6.07, 6.45) is 4.98. The van der Waals surface area contributed by atoms with Gasteiger partial charge in [0.05, 0.1) is 23.2 Å². The Bertz CT molecular complexity index is 1510. The van der Waals surface area contributed by atoms with Gasteiger partial charge < -0.3 is 20.9 Å². The van der Waals surface area contributed by atoms with E-state index in [4.69, 9.17) is 10.7 Å². The van der Waals surface area contributed by atoms with E-state index in [9.17, 15) is 10.2 Å². The Hall–Kier alpha value is -3.01. The van der Waals surface area contributed by atoms with Gasteiger partial charge in [0.15, 0.2) is 5.82 Å². The van der Waals surface area contributed by atoms with Crippen molar-refractivity contribution in [3.63, 3.8) is 0 Å². The molecule has 3 heterocycles. The number of nitrogens with zero attached hydrogens (tertiary/aromatic N) is 5. The Labute approximate surface area is 242 Å². The van der Waals surface area contributed by atoms with Crippen molar-refractivity contribution in [2.75, 3.05) is 12.3 Å². The van der Waals surface area contributed by atoms with E-state index in [0.717, 1.165) is 47.5 Å². The number of hydrogen-bond acceptors (Lipinski definition) is 7. The van der Waals surface area contributed by atoms with Crippen LogP contribution in [0.25, 0.3) is 16.6 Å². The van der Waals surface area contributed by atoms with Crippen molar-refractivity contribution < 1.29 is 10.2 Å². The van der Waals surface area contributed by atoms with Crippen LogP contribution in [-0.2, 0) is 11.8 Å². The quantitative estimate of drug-likeness (QED) is 0.251. The second-order valence-corrected chi connectivity index (χ2v) is 13.8. The lowest BCUT2D eigenvalue weighted by Crippen LogP contribution is -2.51. The first-order chi connectivity index (χ1) is 19.5. The van der Waals surface area contributed by atoms with Crippen LogP contribution in [0.1, 0.15) is 83.3 Å². The first-order valence-corrected chi connectivity index (χ1v) is 15.2. The van der Waals surface area contributed by atoms with E-state index in [2.05, 4.69) is 72.8 Å². The third kappa shape index (κ3) is 5.35. The number of anilines is 1. The van der Waals surface area contributed by atoms with Gasteiger partial charge in [-0.15, -0.1) is 0 Å². The molecular weight excluding hydrogens is 514 g/mol. The Morgan fingerprint density at radius 1 is 1.10 bits per heavy atom. The molecule has 0 spiro atoms. The number of fused-ring (bicyclic) bond motifs is 2. The summed E-state index contributed by atoms with van der Waals surface area (Å²) in [6.45, 7) is 12.0. The normalized spacial score (nSPS) is 27.0. The smallest absolute Gasteiger partial charge is 0.151 e. The van der Waals surface area contributed by atoms with Crippen molar-refractivity contribution in [3.8, 4) is 0 Å². The molecule has 9 nitrogen and oxygen atoms in total. The highest BCUT2D eigenvalue weighted by atomic mass is 16.3. The molecule has 2 aliphatic carbocycles. The van der Waals surface area contributed by atoms with Crippen LogP contribution < -0.4 is 5.73 Å². The topological polar surface area (TPSA) is 129 Å². The highest BCUT2D eigenvalue weighted by molar-refractivity contribution is 5.76. The standard InChI is InChI=1S/C32H45N7O2/c1-18(2)38(16-20-14-23(30(41)29(20)40)26-9-10-27-31(33)34-17-35-39(26)27)22-12-19(13-22)6-11-28-36-24-8-7-21(32(3,4)5)15-25(24)37-28/h7-10,15,17-20,22-23,29-30,40-41H,6,11-14,16H2,1-5H3,(H,36,37)(H2,33,34,35)/t19?,20-,22?,23+,29-,30+/m0/s1. The average molecular weight is 560 g/mol. The van der Waals surface area contributed by atoms with Crippen LogP contribution in [0.2, 0.25) is 0 Å². The molecule has 2 fully saturated rings. The molecule has 4 aromatic rings. The number of aryl methyl sites for hydroxylation is 1. The van der Waals surface area contributed by atoms with Crippen molar-refractivity contribution in [2.24, 2.45) is 11.8 Å². The van der Waals surface area contributed by atoms with Crippen LogP contribution in [0.4, 0.5) is 5.82 Å². The summed E-state index contributed by atoms with van der Waals surface area (Å²) in [5.74, 6) is 1.97.